The van der Waals surface area contributed by atoms with Gasteiger partial charge in [0.15, 0.2) is 5.65 Å². The first-order valence-electron chi connectivity index (χ1n) is 5.31. The molecule has 0 aliphatic carbocycles. The fourth-order valence-corrected chi connectivity index (χ4v) is 2.19. The summed E-state index contributed by atoms with van der Waals surface area (Å²) in [4.78, 5) is 11.8. The van der Waals surface area contributed by atoms with Crippen molar-refractivity contribution in [3.05, 3.63) is 34.8 Å². The van der Waals surface area contributed by atoms with E-state index in [4.69, 9.17) is 11.5 Å². The number of hydrogen-bond acceptors (Lipinski definition) is 4. The van der Waals surface area contributed by atoms with Gasteiger partial charge in [0.2, 0.25) is 0 Å². The molecule has 5 nitrogen and oxygen atoms in total. The number of benzene rings is 1. The fraction of sp³-hybridized carbons (Fsp3) is 0. The van der Waals surface area contributed by atoms with E-state index in [9.17, 15) is 0 Å². The third-order valence-electron chi connectivity index (χ3n) is 2.61. The molecule has 0 spiro atoms. The predicted molar refractivity (Wildman–Crippen MR) is 75.8 cm³/mol. The Morgan fingerprint density at radius 1 is 1.06 bits per heavy atom. The molecule has 6 heteroatoms. The Hall–Kier alpha value is -2.08. The average Bonchev–Trinajstić information content (AvgIpc) is 2.74. The summed E-state index contributed by atoms with van der Waals surface area (Å²) in [5, 5.41) is 0. The van der Waals surface area contributed by atoms with Crippen molar-refractivity contribution in [3.8, 4) is 11.4 Å². The standard InChI is InChI=1S/C12H10BrN5/c13-8-2-1-6(14)5-7(8)11-16-9-3-4-10(15)17-12(9)18-11/h1-5H,14H2,(H3,15,16,17,18). The van der Waals surface area contributed by atoms with E-state index in [-0.39, 0.29) is 0 Å². The van der Waals surface area contributed by atoms with E-state index >= 15 is 0 Å². The lowest BCUT2D eigenvalue weighted by molar-refractivity contribution is 1.30. The van der Waals surface area contributed by atoms with Crippen LogP contribution >= 0.6 is 15.9 Å². The van der Waals surface area contributed by atoms with Crippen LogP contribution in [0, 0.1) is 0 Å². The van der Waals surface area contributed by atoms with Gasteiger partial charge in [0, 0.05) is 15.7 Å². The Morgan fingerprint density at radius 3 is 2.72 bits per heavy atom. The molecule has 0 saturated heterocycles. The summed E-state index contributed by atoms with van der Waals surface area (Å²) in [7, 11) is 0. The quantitative estimate of drug-likeness (QED) is 0.602. The summed E-state index contributed by atoms with van der Waals surface area (Å²) >= 11 is 3.48. The second kappa shape index (κ2) is 3.99. The third-order valence-corrected chi connectivity index (χ3v) is 3.30. The number of nitrogens with two attached hydrogens (primary N) is 2. The number of fused-ring (bicyclic) bond motifs is 1. The molecule has 1 aromatic carbocycles. The smallest absolute Gasteiger partial charge is 0.180 e. The summed E-state index contributed by atoms with van der Waals surface area (Å²) in [6.45, 7) is 0. The molecule has 0 saturated carbocycles. The van der Waals surface area contributed by atoms with E-state index in [0.717, 1.165) is 15.6 Å². The first-order chi connectivity index (χ1) is 8.63. The minimum absolute atomic E-state index is 0.451. The van der Waals surface area contributed by atoms with Crippen LogP contribution in [0.3, 0.4) is 0 Å². The van der Waals surface area contributed by atoms with Gasteiger partial charge in [0.1, 0.15) is 11.6 Å². The number of nitrogens with zero attached hydrogens (tertiary/aromatic N) is 2. The number of pyridine rings is 1. The van der Waals surface area contributed by atoms with Crippen LogP contribution in [0.25, 0.3) is 22.6 Å². The Balaban J connectivity index is 2.22. The molecule has 5 N–H and O–H groups in total. The molecular formula is C12H10BrN5. The molecule has 18 heavy (non-hydrogen) atoms. The van der Waals surface area contributed by atoms with Crippen molar-refractivity contribution in [2.45, 2.75) is 0 Å². The number of nitrogen functional groups attached to an aromatic ring is 2. The Kier molecular flexibility index (Phi) is 2.45. The highest BCUT2D eigenvalue weighted by Crippen LogP contribution is 2.29. The SMILES string of the molecule is Nc1ccc(Br)c(-c2nc3nc(N)ccc3[nH]2)c1. The lowest BCUT2D eigenvalue weighted by atomic mass is 10.2. The van der Waals surface area contributed by atoms with E-state index in [1.807, 2.05) is 24.3 Å². The van der Waals surface area contributed by atoms with E-state index in [1.165, 1.54) is 0 Å². The van der Waals surface area contributed by atoms with Crippen LogP contribution in [-0.4, -0.2) is 15.0 Å². The highest BCUT2D eigenvalue weighted by molar-refractivity contribution is 9.10. The van der Waals surface area contributed by atoms with Crippen molar-refractivity contribution in [2.75, 3.05) is 11.5 Å². The van der Waals surface area contributed by atoms with Crippen LogP contribution in [0.2, 0.25) is 0 Å². The molecule has 2 aromatic heterocycles. The highest BCUT2D eigenvalue weighted by Gasteiger charge is 2.10. The maximum atomic E-state index is 5.79. The lowest BCUT2D eigenvalue weighted by Gasteiger charge is -2.01. The maximum Gasteiger partial charge on any atom is 0.180 e. The van der Waals surface area contributed by atoms with E-state index in [1.54, 1.807) is 6.07 Å². The molecule has 0 bridgehead atoms. The van der Waals surface area contributed by atoms with Gasteiger partial charge >= 0.3 is 0 Å². The summed E-state index contributed by atoms with van der Waals surface area (Å²) in [6.07, 6.45) is 0. The second-order valence-corrected chi connectivity index (χ2v) is 4.79. The molecule has 3 aromatic rings. The maximum absolute atomic E-state index is 5.79. The van der Waals surface area contributed by atoms with Gasteiger partial charge in [-0.25, -0.2) is 9.97 Å². The molecule has 0 amide bonds. The van der Waals surface area contributed by atoms with Gasteiger partial charge in [0.05, 0.1) is 5.52 Å². The zero-order chi connectivity index (χ0) is 12.7. The summed E-state index contributed by atoms with van der Waals surface area (Å²) in [5.41, 5.74) is 14.4. The predicted octanol–water partition coefficient (Wildman–Crippen LogP) is 2.55. The van der Waals surface area contributed by atoms with Crippen LogP contribution < -0.4 is 11.5 Å². The Morgan fingerprint density at radius 2 is 1.89 bits per heavy atom. The lowest BCUT2D eigenvalue weighted by Crippen LogP contribution is -1.89. The van der Waals surface area contributed by atoms with E-state index < -0.39 is 0 Å². The van der Waals surface area contributed by atoms with Crippen molar-refractivity contribution < 1.29 is 0 Å². The summed E-state index contributed by atoms with van der Waals surface area (Å²) < 4.78 is 0.920. The molecular weight excluding hydrogens is 294 g/mol. The molecule has 0 atom stereocenters. The van der Waals surface area contributed by atoms with Gasteiger partial charge in [-0.2, -0.15) is 0 Å². The number of aromatic nitrogens is 3. The van der Waals surface area contributed by atoms with Crippen molar-refractivity contribution in [2.24, 2.45) is 0 Å². The fourth-order valence-electron chi connectivity index (χ4n) is 1.76. The molecule has 0 aliphatic heterocycles. The number of nitrogens with one attached hydrogen (secondary N) is 1. The first kappa shape index (κ1) is 11.0. The largest absolute Gasteiger partial charge is 0.399 e. The van der Waals surface area contributed by atoms with Gasteiger partial charge in [0.25, 0.3) is 0 Å². The van der Waals surface area contributed by atoms with Crippen molar-refractivity contribution >= 4 is 38.6 Å². The van der Waals surface area contributed by atoms with Crippen molar-refractivity contribution in [3.63, 3.8) is 0 Å². The second-order valence-electron chi connectivity index (χ2n) is 3.93. The Labute approximate surface area is 111 Å². The number of hydrogen-bond donors (Lipinski definition) is 3. The van der Waals surface area contributed by atoms with Gasteiger partial charge in [-0.15, -0.1) is 0 Å². The Bertz CT molecular complexity index is 734. The van der Waals surface area contributed by atoms with Crippen LogP contribution in [0.1, 0.15) is 0 Å². The van der Waals surface area contributed by atoms with Gasteiger partial charge in [-0.05, 0) is 30.3 Å². The van der Waals surface area contributed by atoms with Crippen molar-refractivity contribution in [1.29, 1.82) is 0 Å². The number of H-pyrrole nitrogens is 1. The summed E-state index contributed by atoms with van der Waals surface area (Å²) in [6, 6.07) is 9.16. The monoisotopic (exact) mass is 303 g/mol. The van der Waals surface area contributed by atoms with Gasteiger partial charge < -0.3 is 16.5 Å². The molecule has 0 aliphatic rings. The topological polar surface area (TPSA) is 93.6 Å². The van der Waals surface area contributed by atoms with Gasteiger partial charge in [-0.1, -0.05) is 15.9 Å². The van der Waals surface area contributed by atoms with Crippen LogP contribution in [0.5, 0.6) is 0 Å². The van der Waals surface area contributed by atoms with Crippen molar-refractivity contribution in [1.82, 2.24) is 15.0 Å². The minimum Gasteiger partial charge on any atom is -0.399 e. The number of rotatable bonds is 1. The normalized spacial score (nSPS) is 10.9. The zero-order valence-electron chi connectivity index (χ0n) is 9.31. The third kappa shape index (κ3) is 1.80. The van der Waals surface area contributed by atoms with Crippen LogP contribution in [0.15, 0.2) is 34.8 Å². The highest BCUT2D eigenvalue weighted by atomic mass is 79.9. The first-order valence-corrected chi connectivity index (χ1v) is 6.10. The number of anilines is 2. The summed E-state index contributed by atoms with van der Waals surface area (Å²) in [5.74, 6) is 1.16. The van der Waals surface area contributed by atoms with E-state index in [0.29, 0.717) is 23.0 Å². The average molecular weight is 304 g/mol. The number of aromatic amines is 1. The molecule has 90 valence electrons. The van der Waals surface area contributed by atoms with E-state index in [2.05, 4.69) is 30.9 Å². The van der Waals surface area contributed by atoms with Crippen LogP contribution in [0.4, 0.5) is 11.5 Å². The van der Waals surface area contributed by atoms with Crippen LogP contribution in [-0.2, 0) is 0 Å². The molecule has 0 radical (unpaired) electrons. The molecule has 3 rings (SSSR count). The van der Waals surface area contributed by atoms with Gasteiger partial charge in [-0.3, -0.25) is 0 Å². The molecule has 0 fully saturated rings. The number of halogens is 1. The molecule has 2 heterocycles. The minimum atomic E-state index is 0.451. The zero-order valence-corrected chi connectivity index (χ0v) is 10.9. The molecule has 0 unspecified atom stereocenters. The number of imidazole rings is 1.